The maximum atomic E-state index is 13.2. The largest absolute Gasteiger partial charge is 0.485 e. The second kappa shape index (κ2) is 9.38. The predicted molar refractivity (Wildman–Crippen MR) is 95.8 cm³/mol. The number of anilines is 1. The van der Waals surface area contributed by atoms with Crippen LogP contribution in [0.3, 0.4) is 0 Å². The van der Waals surface area contributed by atoms with Gasteiger partial charge in [0.2, 0.25) is 5.91 Å². The summed E-state index contributed by atoms with van der Waals surface area (Å²) < 4.78 is 134. The van der Waals surface area contributed by atoms with E-state index in [-0.39, 0.29) is 23.8 Å². The van der Waals surface area contributed by atoms with Crippen LogP contribution in [0.15, 0.2) is 36.4 Å². The van der Waals surface area contributed by atoms with Crippen LogP contribution in [0.1, 0.15) is 31.8 Å². The molecule has 0 aliphatic carbocycles. The van der Waals surface area contributed by atoms with Gasteiger partial charge in [0.1, 0.15) is 5.75 Å². The van der Waals surface area contributed by atoms with Gasteiger partial charge in [0.25, 0.3) is 5.91 Å². The number of hydrogen-bond acceptors (Lipinski definition) is 3. The molecule has 186 valence electrons. The lowest BCUT2D eigenvalue weighted by atomic mass is 10.0. The number of halogens is 10. The molecule has 2 aromatic carbocycles. The lowest BCUT2D eigenvalue weighted by Crippen LogP contribution is -2.34. The van der Waals surface area contributed by atoms with E-state index in [0.29, 0.717) is 6.07 Å². The Labute approximate surface area is 183 Å². The smallest absolute Gasteiger partial charge is 0.416 e. The zero-order chi connectivity index (χ0) is 26.1. The maximum Gasteiger partial charge on any atom is 0.416 e. The van der Waals surface area contributed by atoms with Gasteiger partial charge in [-0.1, -0.05) is 0 Å². The Morgan fingerprint density at radius 1 is 0.853 bits per heavy atom. The number of carbonyl (C=O) groups excluding carboxylic acids is 2. The highest BCUT2D eigenvalue weighted by atomic mass is 19.4. The Morgan fingerprint density at radius 3 is 1.82 bits per heavy atom. The summed E-state index contributed by atoms with van der Waals surface area (Å²) in [7, 11) is 0. The Balaban J connectivity index is 2.48. The van der Waals surface area contributed by atoms with E-state index < -0.39 is 71.2 Å². The summed E-state index contributed by atoms with van der Waals surface area (Å²) in [4.78, 5) is 23.8. The minimum absolute atomic E-state index is 0.0913. The van der Waals surface area contributed by atoms with E-state index in [9.17, 15) is 53.5 Å². The zero-order valence-corrected chi connectivity index (χ0v) is 16.3. The molecule has 2 rings (SSSR count). The van der Waals surface area contributed by atoms with Crippen molar-refractivity contribution in [1.82, 2.24) is 0 Å². The van der Waals surface area contributed by atoms with Crippen molar-refractivity contribution in [2.24, 2.45) is 5.73 Å². The summed E-state index contributed by atoms with van der Waals surface area (Å²) in [6, 6.07) is 2.30. The average Bonchev–Trinajstić information content (AvgIpc) is 2.70. The number of hydrogen-bond donors (Lipinski definition) is 2. The minimum atomic E-state index is -5.27. The van der Waals surface area contributed by atoms with E-state index in [0.717, 1.165) is 12.1 Å². The predicted octanol–water partition coefficient (Wildman–Crippen LogP) is 5.35. The topological polar surface area (TPSA) is 81.4 Å². The summed E-state index contributed by atoms with van der Waals surface area (Å²) in [5, 5.41) is 1.81. The average molecular weight is 506 g/mol. The Hall–Kier alpha value is -3.52. The SMILES string of the molecule is NC(=O)c1ccc(OCC(F)(F)C(F)F)c(NC(=O)c2cc(C(F)(F)F)cc(C(F)(F)F)c2)c1. The highest BCUT2D eigenvalue weighted by Gasteiger charge is 2.42. The summed E-state index contributed by atoms with van der Waals surface area (Å²) in [5.74, 6) is -8.12. The normalized spacial score (nSPS) is 12.6. The van der Waals surface area contributed by atoms with Crippen LogP contribution in [0, 0.1) is 0 Å². The number of alkyl halides is 10. The lowest BCUT2D eigenvalue weighted by Gasteiger charge is -2.19. The van der Waals surface area contributed by atoms with Gasteiger partial charge in [0, 0.05) is 11.1 Å². The molecule has 0 aromatic heterocycles. The van der Waals surface area contributed by atoms with Gasteiger partial charge in [-0.15, -0.1) is 0 Å². The van der Waals surface area contributed by atoms with Crippen LogP contribution in [-0.4, -0.2) is 30.8 Å². The molecule has 3 N–H and O–H groups in total. The van der Waals surface area contributed by atoms with E-state index in [1.54, 1.807) is 5.32 Å². The molecule has 0 aliphatic rings. The summed E-state index contributed by atoms with van der Waals surface area (Å²) in [6.07, 6.45) is -14.7. The van der Waals surface area contributed by atoms with E-state index in [2.05, 4.69) is 4.74 Å². The third-order valence-electron chi connectivity index (χ3n) is 4.10. The van der Waals surface area contributed by atoms with Gasteiger partial charge in [-0.25, -0.2) is 8.78 Å². The van der Waals surface area contributed by atoms with Gasteiger partial charge in [-0.3, -0.25) is 9.59 Å². The molecule has 0 saturated heterocycles. The van der Waals surface area contributed by atoms with E-state index in [1.807, 2.05) is 0 Å². The first-order valence-electron chi connectivity index (χ1n) is 8.75. The highest BCUT2D eigenvalue weighted by molar-refractivity contribution is 6.06. The van der Waals surface area contributed by atoms with E-state index in [4.69, 9.17) is 5.73 Å². The monoisotopic (exact) mass is 506 g/mol. The molecular formula is C19H12F10N2O3. The van der Waals surface area contributed by atoms with Crippen molar-refractivity contribution in [3.63, 3.8) is 0 Å². The van der Waals surface area contributed by atoms with Crippen molar-refractivity contribution in [2.45, 2.75) is 24.7 Å². The zero-order valence-electron chi connectivity index (χ0n) is 16.3. The van der Waals surface area contributed by atoms with Crippen LogP contribution in [-0.2, 0) is 12.4 Å². The molecule has 0 fully saturated rings. The molecule has 0 unspecified atom stereocenters. The third kappa shape index (κ3) is 6.51. The molecule has 15 heteroatoms. The molecule has 0 spiro atoms. The van der Waals surface area contributed by atoms with E-state index >= 15 is 0 Å². The molecule has 0 radical (unpaired) electrons. The van der Waals surface area contributed by atoms with Crippen molar-refractivity contribution in [3.05, 3.63) is 58.7 Å². The Morgan fingerprint density at radius 2 is 1.38 bits per heavy atom. The second-order valence-electron chi connectivity index (χ2n) is 6.67. The molecule has 0 atom stereocenters. The van der Waals surface area contributed by atoms with Crippen LogP contribution in [0.4, 0.5) is 49.6 Å². The van der Waals surface area contributed by atoms with Gasteiger partial charge in [-0.2, -0.15) is 35.1 Å². The summed E-state index contributed by atoms with van der Waals surface area (Å²) in [6.45, 7) is -1.91. The van der Waals surface area contributed by atoms with Gasteiger partial charge >= 0.3 is 24.7 Å². The quantitative estimate of drug-likeness (QED) is 0.497. The van der Waals surface area contributed by atoms with Crippen molar-refractivity contribution in [3.8, 4) is 5.75 Å². The number of ether oxygens (including phenoxy) is 1. The molecule has 34 heavy (non-hydrogen) atoms. The number of nitrogens with one attached hydrogen (secondary N) is 1. The van der Waals surface area contributed by atoms with Gasteiger partial charge in [0.15, 0.2) is 6.61 Å². The van der Waals surface area contributed by atoms with Crippen LogP contribution in [0.2, 0.25) is 0 Å². The Kier molecular flexibility index (Phi) is 7.38. The van der Waals surface area contributed by atoms with Crippen LogP contribution in [0.5, 0.6) is 5.75 Å². The van der Waals surface area contributed by atoms with Crippen molar-refractivity contribution in [2.75, 3.05) is 11.9 Å². The maximum absolute atomic E-state index is 13.2. The number of nitrogens with two attached hydrogens (primary N) is 1. The van der Waals surface area contributed by atoms with Gasteiger partial charge < -0.3 is 15.8 Å². The summed E-state index contributed by atoms with van der Waals surface area (Å²) >= 11 is 0. The number of rotatable bonds is 7. The molecule has 0 aliphatic heterocycles. The molecular weight excluding hydrogens is 494 g/mol. The molecule has 5 nitrogen and oxygen atoms in total. The Bertz CT molecular complexity index is 1050. The molecule has 0 heterocycles. The number of amides is 2. The molecule has 2 aromatic rings. The number of benzene rings is 2. The fourth-order valence-electron chi connectivity index (χ4n) is 2.42. The van der Waals surface area contributed by atoms with Crippen LogP contribution >= 0.6 is 0 Å². The third-order valence-corrected chi connectivity index (χ3v) is 4.10. The standard InChI is InChI=1S/C19H12F10N2O3/c20-16(21)17(22,23)7-34-13-2-1-8(14(30)32)5-12(13)31-15(33)9-3-10(18(24,25)26)6-11(4-9)19(27,28)29/h1-6,16H,7H2,(H2,30,32)(H,31,33). The van der Waals surface area contributed by atoms with Crippen molar-refractivity contribution >= 4 is 17.5 Å². The number of primary amides is 1. The van der Waals surface area contributed by atoms with Crippen LogP contribution < -0.4 is 15.8 Å². The summed E-state index contributed by atoms with van der Waals surface area (Å²) in [5.41, 5.74) is -0.835. The van der Waals surface area contributed by atoms with Gasteiger partial charge in [0.05, 0.1) is 16.8 Å². The minimum Gasteiger partial charge on any atom is -0.485 e. The first kappa shape index (κ1) is 26.7. The first-order valence-corrected chi connectivity index (χ1v) is 8.75. The van der Waals surface area contributed by atoms with Crippen molar-refractivity contribution < 1.29 is 58.2 Å². The van der Waals surface area contributed by atoms with Crippen molar-refractivity contribution in [1.29, 1.82) is 0 Å². The second-order valence-corrected chi connectivity index (χ2v) is 6.67. The lowest BCUT2D eigenvalue weighted by molar-refractivity contribution is -0.148. The molecule has 0 bridgehead atoms. The van der Waals surface area contributed by atoms with Gasteiger partial charge in [-0.05, 0) is 36.4 Å². The molecule has 0 saturated carbocycles. The highest BCUT2D eigenvalue weighted by Crippen LogP contribution is 2.37. The fourth-order valence-corrected chi connectivity index (χ4v) is 2.42. The molecule has 2 amide bonds. The number of carbonyl (C=O) groups is 2. The fraction of sp³-hybridized carbons (Fsp3) is 0.263. The van der Waals surface area contributed by atoms with E-state index in [1.165, 1.54) is 0 Å². The van der Waals surface area contributed by atoms with Crippen LogP contribution in [0.25, 0.3) is 0 Å². The first-order chi connectivity index (χ1) is 15.4.